The molecule has 3 rings (SSSR count). The molecule has 1 saturated carbocycles. The molecular weight excluding hydrogens is 236 g/mol. The molecule has 2 aliphatic rings. The summed E-state index contributed by atoms with van der Waals surface area (Å²) in [7, 11) is 0. The number of fused-ring (bicyclic) bond motifs is 1. The van der Waals surface area contributed by atoms with Gasteiger partial charge in [0.15, 0.2) is 0 Å². The number of carbonyl (C=O) groups excluding carboxylic acids is 1. The van der Waals surface area contributed by atoms with Crippen LogP contribution in [0, 0.1) is 0 Å². The molecule has 0 aromatic heterocycles. The molecule has 2 N–H and O–H groups in total. The van der Waals surface area contributed by atoms with Gasteiger partial charge in [-0.25, -0.2) is 0 Å². The van der Waals surface area contributed by atoms with E-state index in [0.717, 1.165) is 37.8 Å². The molecule has 0 aliphatic heterocycles. The Kier molecular flexibility index (Phi) is 3.56. The van der Waals surface area contributed by atoms with Crippen LogP contribution in [-0.4, -0.2) is 29.9 Å². The molecule has 102 valence electrons. The summed E-state index contributed by atoms with van der Waals surface area (Å²) in [5.74, 6) is 0.200. The molecule has 0 radical (unpaired) electrons. The fraction of sp³-hybridized carbons (Fsp3) is 0.562. The molecule has 2 aliphatic carbocycles. The Labute approximate surface area is 114 Å². The fourth-order valence-corrected chi connectivity index (χ4v) is 2.97. The monoisotopic (exact) mass is 258 g/mol. The minimum absolute atomic E-state index is 0.200. The van der Waals surface area contributed by atoms with Gasteiger partial charge < -0.3 is 10.6 Å². The van der Waals surface area contributed by atoms with Crippen molar-refractivity contribution in [2.45, 2.75) is 44.6 Å². The van der Waals surface area contributed by atoms with Crippen LogP contribution in [0.5, 0.6) is 0 Å². The van der Waals surface area contributed by atoms with Gasteiger partial charge in [0.2, 0.25) is 0 Å². The van der Waals surface area contributed by atoms with Gasteiger partial charge in [-0.1, -0.05) is 6.07 Å². The Balaban J connectivity index is 1.77. The van der Waals surface area contributed by atoms with Crippen molar-refractivity contribution in [1.82, 2.24) is 4.90 Å². The van der Waals surface area contributed by atoms with Crippen molar-refractivity contribution in [1.29, 1.82) is 0 Å². The summed E-state index contributed by atoms with van der Waals surface area (Å²) in [6.07, 6.45) is 6.73. The Morgan fingerprint density at radius 3 is 2.79 bits per heavy atom. The van der Waals surface area contributed by atoms with Crippen molar-refractivity contribution >= 4 is 5.91 Å². The van der Waals surface area contributed by atoms with E-state index in [0.29, 0.717) is 12.6 Å². The van der Waals surface area contributed by atoms with E-state index in [9.17, 15) is 4.79 Å². The normalized spacial score (nSPS) is 17.3. The van der Waals surface area contributed by atoms with Crippen LogP contribution in [0.3, 0.4) is 0 Å². The Hall–Kier alpha value is -1.35. The van der Waals surface area contributed by atoms with E-state index in [4.69, 9.17) is 5.73 Å². The van der Waals surface area contributed by atoms with Crippen molar-refractivity contribution in [2.24, 2.45) is 5.73 Å². The average Bonchev–Trinajstić information content (AvgIpc) is 3.15. The zero-order valence-electron chi connectivity index (χ0n) is 11.4. The van der Waals surface area contributed by atoms with Crippen LogP contribution >= 0.6 is 0 Å². The highest BCUT2D eigenvalue weighted by molar-refractivity contribution is 5.95. The minimum atomic E-state index is 0.200. The summed E-state index contributed by atoms with van der Waals surface area (Å²) in [5.41, 5.74) is 9.24. The molecule has 0 spiro atoms. The second-order valence-corrected chi connectivity index (χ2v) is 5.71. The molecule has 0 unspecified atom stereocenters. The largest absolute Gasteiger partial charge is 0.336 e. The fourth-order valence-electron chi connectivity index (χ4n) is 2.97. The number of amides is 1. The minimum Gasteiger partial charge on any atom is -0.336 e. The summed E-state index contributed by atoms with van der Waals surface area (Å²) in [5, 5.41) is 0. The summed E-state index contributed by atoms with van der Waals surface area (Å²) < 4.78 is 0. The Morgan fingerprint density at radius 1 is 1.26 bits per heavy atom. The van der Waals surface area contributed by atoms with Gasteiger partial charge >= 0.3 is 0 Å². The zero-order valence-corrected chi connectivity index (χ0v) is 11.4. The lowest BCUT2D eigenvalue weighted by Gasteiger charge is -2.22. The summed E-state index contributed by atoms with van der Waals surface area (Å²) in [6.45, 7) is 1.46. The number of benzene rings is 1. The summed E-state index contributed by atoms with van der Waals surface area (Å²) in [6, 6.07) is 6.73. The summed E-state index contributed by atoms with van der Waals surface area (Å²) in [4.78, 5) is 14.6. The number of hydrogen-bond donors (Lipinski definition) is 1. The van der Waals surface area contributed by atoms with Gasteiger partial charge in [-0.15, -0.1) is 0 Å². The first-order valence-corrected chi connectivity index (χ1v) is 7.42. The third-order valence-corrected chi connectivity index (χ3v) is 4.20. The lowest BCUT2D eigenvalue weighted by Crippen LogP contribution is -2.35. The molecule has 1 aromatic carbocycles. The number of hydrogen-bond acceptors (Lipinski definition) is 2. The lowest BCUT2D eigenvalue weighted by atomic mass is 10.1. The van der Waals surface area contributed by atoms with E-state index in [1.54, 1.807) is 0 Å². The predicted molar refractivity (Wildman–Crippen MR) is 76.2 cm³/mol. The maximum absolute atomic E-state index is 12.6. The van der Waals surface area contributed by atoms with Crippen LogP contribution in [0.15, 0.2) is 18.2 Å². The van der Waals surface area contributed by atoms with Crippen LogP contribution in [-0.2, 0) is 12.8 Å². The highest BCUT2D eigenvalue weighted by Crippen LogP contribution is 2.29. The molecule has 3 nitrogen and oxygen atoms in total. The zero-order chi connectivity index (χ0) is 13.2. The van der Waals surface area contributed by atoms with Crippen molar-refractivity contribution in [3.63, 3.8) is 0 Å². The van der Waals surface area contributed by atoms with Gasteiger partial charge in [-0.2, -0.15) is 0 Å². The number of nitrogens with zero attached hydrogens (tertiary/aromatic N) is 1. The second-order valence-electron chi connectivity index (χ2n) is 5.71. The number of rotatable bonds is 5. The Morgan fingerprint density at radius 2 is 2.05 bits per heavy atom. The number of carbonyl (C=O) groups is 1. The van der Waals surface area contributed by atoms with Gasteiger partial charge in [0, 0.05) is 18.2 Å². The van der Waals surface area contributed by atoms with Crippen LogP contribution in [0.1, 0.15) is 47.2 Å². The smallest absolute Gasteiger partial charge is 0.254 e. The van der Waals surface area contributed by atoms with Gasteiger partial charge in [-0.05, 0) is 68.3 Å². The van der Waals surface area contributed by atoms with Crippen LogP contribution < -0.4 is 5.73 Å². The molecule has 1 aromatic rings. The van der Waals surface area contributed by atoms with Crippen LogP contribution in [0.25, 0.3) is 0 Å². The van der Waals surface area contributed by atoms with Gasteiger partial charge in [0.05, 0.1) is 0 Å². The molecule has 0 atom stereocenters. The maximum atomic E-state index is 12.6. The highest BCUT2D eigenvalue weighted by atomic mass is 16.2. The molecule has 0 heterocycles. The van der Waals surface area contributed by atoms with E-state index in [-0.39, 0.29) is 5.91 Å². The first-order chi connectivity index (χ1) is 9.29. The number of nitrogens with two attached hydrogens (primary N) is 1. The number of aryl methyl sites for hydroxylation is 2. The van der Waals surface area contributed by atoms with Crippen LogP contribution in [0.4, 0.5) is 0 Å². The Bertz CT molecular complexity index is 480. The lowest BCUT2D eigenvalue weighted by molar-refractivity contribution is 0.0742. The maximum Gasteiger partial charge on any atom is 0.254 e. The van der Waals surface area contributed by atoms with E-state index in [1.165, 1.54) is 24.0 Å². The van der Waals surface area contributed by atoms with Crippen molar-refractivity contribution < 1.29 is 4.79 Å². The van der Waals surface area contributed by atoms with E-state index >= 15 is 0 Å². The summed E-state index contributed by atoms with van der Waals surface area (Å²) >= 11 is 0. The van der Waals surface area contributed by atoms with Gasteiger partial charge in [0.25, 0.3) is 5.91 Å². The van der Waals surface area contributed by atoms with E-state index < -0.39 is 0 Å². The molecule has 0 saturated heterocycles. The first kappa shape index (κ1) is 12.7. The van der Waals surface area contributed by atoms with Crippen molar-refractivity contribution in [3.8, 4) is 0 Å². The van der Waals surface area contributed by atoms with Gasteiger partial charge in [0.1, 0.15) is 0 Å². The van der Waals surface area contributed by atoms with Crippen LogP contribution in [0.2, 0.25) is 0 Å². The molecule has 19 heavy (non-hydrogen) atoms. The van der Waals surface area contributed by atoms with Crippen molar-refractivity contribution in [2.75, 3.05) is 13.1 Å². The van der Waals surface area contributed by atoms with E-state index in [2.05, 4.69) is 12.1 Å². The standard InChI is InChI=1S/C16H22N2O/c17-9-2-10-18(15-7-8-15)16(19)14-6-5-12-3-1-4-13(12)11-14/h5-6,11,15H,1-4,7-10,17H2. The topological polar surface area (TPSA) is 46.3 Å². The van der Waals surface area contributed by atoms with Gasteiger partial charge in [-0.3, -0.25) is 4.79 Å². The quantitative estimate of drug-likeness (QED) is 0.879. The average molecular weight is 258 g/mol. The third-order valence-electron chi connectivity index (χ3n) is 4.20. The van der Waals surface area contributed by atoms with E-state index in [1.807, 2.05) is 11.0 Å². The van der Waals surface area contributed by atoms with Crippen molar-refractivity contribution in [3.05, 3.63) is 34.9 Å². The predicted octanol–water partition coefficient (Wildman–Crippen LogP) is 2.13. The second kappa shape index (κ2) is 5.33. The molecule has 1 amide bonds. The first-order valence-electron chi connectivity index (χ1n) is 7.42. The molecular formula is C16H22N2O. The molecule has 1 fully saturated rings. The SMILES string of the molecule is NCCCN(C(=O)c1ccc2c(c1)CCC2)C1CC1. The third kappa shape index (κ3) is 2.66. The highest BCUT2D eigenvalue weighted by Gasteiger charge is 2.32. The molecule has 3 heteroatoms. The molecule has 0 bridgehead atoms.